The maximum atomic E-state index is 12.6. The summed E-state index contributed by atoms with van der Waals surface area (Å²) in [7, 11) is 0. The molecule has 0 bridgehead atoms. The lowest BCUT2D eigenvalue weighted by Gasteiger charge is -2.34. The number of fused-ring (bicyclic) bond motifs is 1. The van der Waals surface area contributed by atoms with Crippen molar-refractivity contribution in [3.8, 4) is 0 Å². The van der Waals surface area contributed by atoms with Gasteiger partial charge in [0.1, 0.15) is 0 Å². The lowest BCUT2D eigenvalue weighted by Crippen LogP contribution is -2.48. The predicted octanol–water partition coefficient (Wildman–Crippen LogP) is 5.59. The largest absolute Gasteiger partial charge is 0.345 e. The van der Waals surface area contributed by atoms with Gasteiger partial charge < -0.3 is 9.80 Å². The molecule has 0 N–H and O–H groups in total. The maximum Gasteiger partial charge on any atom is 0.222 e. The first-order chi connectivity index (χ1) is 14.1. The van der Waals surface area contributed by atoms with Crippen LogP contribution in [-0.2, 0) is 4.79 Å². The van der Waals surface area contributed by atoms with Crippen LogP contribution >= 0.6 is 39.0 Å². The molecule has 0 saturated carbocycles. The van der Waals surface area contributed by atoms with Crippen LogP contribution in [0.2, 0.25) is 0 Å². The van der Waals surface area contributed by atoms with E-state index in [1.54, 1.807) is 11.3 Å². The van der Waals surface area contributed by atoms with Crippen molar-refractivity contribution in [2.45, 2.75) is 24.7 Å². The highest BCUT2D eigenvalue weighted by Crippen LogP contribution is 2.31. The molecule has 1 aliphatic rings. The first-order valence-corrected chi connectivity index (χ1v) is 12.5. The molecule has 1 saturated heterocycles. The van der Waals surface area contributed by atoms with Crippen LogP contribution in [0.25, 0.3) is 10.2 Å². The third-order valence-corrected chi connectivity index (χ3v) is 7.74. The van der Waals surface area contributed by atoms with Gasteiger partial charge in [-0.05, 0) is 49.4 Å². The smallest absolute Gasteiger partial charge is 0.222 e. The minimum atomic E-state index is 0.280. The number of aryl methyl sites for hydroxylation is 1. The van der Waals surface area contributed by atoms with E-state index in [4.69, 9.17) is 4.98 Å². The second-order valence-electron chi connectivity index (χ2n) is 7.24. The number of rotatable bonds is 6. The summed E-state index contributed by atoms with van der Waals surface area (Å²) in [6.45, 7) is 5.37. The van der Waals surface area contributed by atoms with Crippen molar-refractivity contribution in [1.29, 1.82) is 0 Å². The Morgan fingerprint density at radius 3 is 2.66 bits per heavy atom. The number of thiazole rings is 1. The maximum absolute atomic E-state index is 12.6. The minimum Gasteiger partial charge on any atom is -0.345 e. The number of hydrogen-bond acceptors (Lipinski definition) is 5. The van der Waals surface area contributed by atoms with Gasteiger partial charge in [0.15, 0.2) is 5.13 Å². The number of benzene rings is 2. The van der Waals surface area contributed by atoms with E-state index in [0.29, 0.717) is 6.42 Å². The van der Waals surface area contributed by atoms with Crippen LogP contribution in [0.3, 0.4) is 0 Å². The predicted molar refractivity (Wildman–Crippen MR) is 127 cm³/mol. The second kappa shape index (κ2) is 9.49. The zero-order chi connectivity index (χ0) is 20.2. The molecule has 4 nitrogen and oxygen atoms in total. The van der Waals surface area contributed by atoms with Gasteiger partial charge in [-0.25, -0.2) is 4.98 Å². The Morgan fingerprint density at radius 2 is 1.90 bits per heavy atom. The Balaban J connectivity index is 1.22. The molecule has 1 aromatic heterocycles. The number of piperazine rings is 1. The number of carbonyl (C=O) groups excluding carboxylic acids is 1. The van der Waals surface area contributed by atoms with Gasteiger partial charge >= 0.3 is 0 Å². The van der Waals surface area contributed by atoms with E-state index < -0.39 is 0 Å². The van der Waals surface area contributed by atoms with Crippen molar-refractivity contribution >= 4 is 60.3 Å². The van der Waals surface area contributed by atoms with Crippen molar-refractivity contribution < 1.29 is 4.79 Å². The van der Waals surface area contributed by atoms with Crippen molar-refractivity contribution in [2.75, 3.05) is 36.8 Å². The molecular formula is C22H24BrN3OS2. The Morgan fingerprint density at radius 1 is 1.14 bits per heavy atom. The number of amides is 1. The van der Waals surface area contributed by atoms with Gasteiger partial charge in [-0.15, -0.1) is 11.8 Å². The number of hydrogen-bond donors (Lipinski definition) is 0. The molecule has 29 heavy (non-hydrogen) atoms. The van der Waals surface area contributed by atoms with E-state index in [-0.39, 0.29) is 5.91 Å². The molecule has 1 amide bonds. The summed E-state index contributed by atoms with van der Waals surface area (Å²) in [5.74, 6) is 1.26. The lowest BCUT2D eigenvalue weighted by molar-refractivity contribution is -0.131. The SMILES string of the molecule is Cc1ccc(SCCCC(=O)N2CCN(c3nc4ccc(Br)cc4s3)CC2)cc1. The van der Waals surface area contributed by atoms with E-state index >= 15 is 0 Å². The highest BCUT2D eigenvalue weighted by Gasteiger charge is 2.22. The number of anilines is 1. The topological polar surface area (TPSA) is 36.4 Å². The number of carbonyl (C=O) groups is 1. The molecule has 2 heterocycles. The van der Waals surface area contributed by atoms with Crippen LogP contribution in [-0.4, -0.2) is 47.7 Å². The van der Waals surface area contributed by atoms with Gasteiger partial charge in [-0.1, -0.05) is 45.0 Å². The zero-order valence-electron chi connectivity index (χ0n) is 16.4. The van der Waals surface area contributed by atoms with Gasteiger partial charge in [0.25, 0.3) is 0 Å². The van der Waals surface area contributed by atoms with Gasteiger partial charge in [0.05, 0.1) is 10.2 Å². The number of nitrogens with zero attached hydrogens (tertiary/aromatic N) is 3. The quantitative estimate of drug-likeness (QED) is 0.334. The van der Waals surface area contributed by atoms with Gasteiger partial charge in [0.2, 0.25) is 5.91 Å². The molecule has 3 aromatic rings. The monoisotopic (exact) mass is 489 g/mol. The van der Waals surface area contributed by atoms with Gasteiger partial charge in [-0.2, -0.15) is 0 Å². The first kappa shape index (κ1) is 20.7. The first-order valence-electron chi connectivity index (χ1n) is 9.87. The molecule has 1 aliphatic heterocycles. The minimum absolute atomic E-state index is 0.280. The van der Waals surface area contributed by atoms with Crippen molar-refractivity contribution in [2.24, 2.45) is 0 Å². The average molecular weight is 490 g/mol. The normalized spacial score (nSPS) is 14.6. The average Bonchev–Trinajstić information content (AvgIpc) is 3.15. The van der Waals surface area contributed by atoms with Crippen molar-refractivity contribution in [3.63, 3.8) is 0 Å². The molecule has 1 fully saturated rings. The number of halogens is 1. The summed E-state index contributed by atoms with van der Waals surface area (Å²) in [6, 6.07) is 14.8. The fraction of sp³-hybridized carbons (Fsp3) is 0.364. The molecule has 0 aliphatic carbocycles. The Hall–Kier alpha value is -1.57. The molecule has 0 spiro atoms. The summed E-state index contributed by atoms with van der Waals surface area (Å²) in [4.78, 5) is 22.9. The third-order valence-electron chi connectivity index (χ3n) is 5.07. The van der Waals surface area contributed by atoms with Crippen LogP contribution in [0.15, 0.2) is 51.8 Å². The van der Waals surface area contributed by atoms with E-state index in [2.05, 4.69) is 58.1 Å². The summed E-state index contributed by atoms with van der Waals surface area (Å²) < 4.78 is 2.27. The second-order valence-corrected chi connectivity index (χ2v) is 10.3. The van der Waals surface area contributed by atoms with Gasteiger partial charge in [0, 0.05) is 42.0 Å². The molecular weight excluding hydrogens is 466 g/mol. The Kier molecular flexibility index (Phi) is 6.77. The molecule has 0 radical (unpaired) electrons. The Labute approximate surface area is 188 Å². The molecule has 4 rings (SSSR count). The third kappa shape index (κ3) is 5.32. The van der Waals surface area contributed by atoms with Crippen molar-refractivity contribution in [3.05, 3.63) is 52.5 Å². The fourth-order valence-electron chi connectivity index (χ4n) is 3.37. The molecule has 152 valence electrons. The van der Waals surface area contributed by atoms with E-state index in [9.17, 15) is 4.79 Å². The highest BCUT2D eigenvalue weighted by atomic mass is 79.9. The fourth-order valence-corrected chi connectivity index (χ4v) is 5.80. The van der Waals surface area contributed by atoms with Gasteiger partial charge in [-0.3, -0.25) is 4.79 Å². The molecule has 0 unspecified atom stereocenters. The van der Waals surface area contributed by atoms with E-state index in [0.717, 1.165) is 53.5 Å². The van der Waals surface area contributed by atoms with Crippen LogP contribution < -0.4 is 4.90 Å². The van der Waals surface area contributed by atoms with Crippen LogP contribution in [0.4, 0.5) is 5.13 Å². The molecule has 2 aromatic carbocycles. The summed E-state index contributed by atoms with van der Waals surface area (Å²) in [5.41, 5.74) is 2.32. The highest BCUT2D eigenvalue weighted by molar-refractivity contribution is 9.10. The van der Waals surface area contributed by atoms with E-state index in [1.165, 1.54) is 15.2 Å². The van der Waals surface area contributed by atoms with Crippen LogP contribution in [0.1, 0.15) is 18.4 Å². The van der Waals surface area contributed by atoms with Crippen LogP contribution in [0, 0.1) is 6.92 Å². The van der Waals surface area contributed by atoms with Crippen LogP contribution in [0.5, 0.6) is 0 Å². The summed E-state index contributed by atoms with van der Waals surface area (Å²) in [5, 5.41) is 1.06. The summed E-state index contributed by atoms with van der Waals surface area (Å²) in [6.07, 6.45) is 1.55. The zero-order valence-corrected chi connectivity index (χ0v) is 19.7. The molecule has 0 atom stereocenters. The van der Waals surface area contributed by atoms with E-state index in [1.807, 2.05) is 28.8 Å². The van der Waals surface area contributed by atoms with Crippen molar-refractivity contribution in [1.82, 2.24) is 9.88 Å². The number of aromatic nitrogens is 1. The lowest BCUT2D eigenvalue weighted by atomic mass is 10.2. The standard InChI is InChI=1S/C22H24BrN3OS2/c1-16-4-7-18(8-5-16)28-14-2-3-21(27)25-10-12-26(13-11-25)22-24-19-9-6-17(23)15-20(19)29-22/h4-9,15H,2-3,10-14H2,1H3. The number of thioether (sulfide) groups is 1. The molecule has 7 heteroatoms. The summed E-state index contributed by atoms with van der Waals surface area (Å²) >= 11 is 7.07. The Bertz CT molecular complexity index is 981.